The Labute approximate surface area is 157 Å². The summed E-state index contributed by atoms with van der Waals surface area (Å²) in [5, 5.41) is 4.90. The standard InChI is InChI=1S/C19H15F3N2O2S/c1-26-16-5-3-2-4-12(16)10-17-24-15(11-27-17)18(25)23-14-8-6-13(7-9-14)19(20,21)22/h2-9,11H,10H2,1H3,(H,23,25). The summed E-state index contributed by atoms with van der Waals surface area (Å²) in [6.07, 6.45) is -3.90. The number of hydrogen-bond acceptors (Lipinski definition) is 4. The molecule has 3 aromatic rings. The molecule has 0 saturated heterocycles. The van der Waals surface area contributed by atoms with E-state index in [4.69, 9.17) is 4.74 Å². The van der Waals surface area contributed by atoms with Crippen LogP contribution in [-0.2, 0) is 12.6 Å². The number of amides is 1. The van der Waals surface area contributed by atoms with Crippen molar-refractivity contribution in [2.75, 3.05) is 12.4 Å². The van der Waals surface area contributed by atoms with Crippen LogP contribution in [0.4, 0.5) is 18.9 Å². The molecular weight excluding hydrogens is 377 g/mol. The van der Waals surface area contributed by atoms with Crippen molar-refractivity contribution in [1.29, 1.82) is 0 Å². The minimum Gasteiger partial charge on any atom is -0.496 e. The number of aromatic nitrogens is 1. The second-order valence-electron chi connectivity index (χ2n) is 5.64. The summed E-state index contributed by atoms with van der Waals surface area (Å²) < 4.78 is 43.0. The molecule has 0 aliphatic rings. The van der Waals surface area contributed by atoms with Crippen molar-refractivity contribution in [3.63, 3.8) is 0 Å². The first-order valence-electron chi connectivity index (χ1n) is 7.91. The van der Waals surface area contributed by atoms with Gasteiger partial charge in [0.25, 0.3) is 5.91 Å². The highest BCUT2D eigenvalue weighted by Crippen LogP contribution is 2.30. The number of ether oxygens (including phenoxy) is 1. The zero-order valence-corrected chi connectivity index (χ0v) is 15.0. The predicted octanol–water partition coefficient (Wildman–Crippen LogP) is 5.01. The molecule has 0 atom stereocenters. The average molecular weight is 392 g/mol. The second-order valence-corrected chi connectivity index (χ2v) is 6.59. The van der Waals surface area contributed by atoms with Gasteiger partial charge in [-0.25, -0.2) is 4.98 Å². The normalized spacial score (nSPS) is 11.3. The molecule has 2 aromatic carbocycles. The lowest BCUT2D eigenvalue weighted by molar-refractivity contribution is -0.137. The summed E-state index contributed by atoms with van der Waals surface area (Å²) in [4.78, 5) is 16.6. The zero-order valence-electron chi connectivity index (χ0n) is 14.2. The maximum atomic E-state index is 12.6. The van der Waals surface area contributed by atoms with Crippen LogP contribution in [-0.4, -0.2) is 18.0 Å². The third kappa shape index (κ3) is 4.65. The highest BCUT2D eigenvalue weighted by molar-refractivity contribution is 7.09. The third-order valence-electron chi connectivity index (χ3n) is 3.79. The minimum atomic E-state index is -4.41. The maximum Gasteiger partial charge on any atom is 0.416 e. The van der Waals surface area contributed by atoms with Crippen molar-refractivity contribution in [3.8, 4) is 5.75 Å². The number of para-hydroxylation sites is 1. The van der Waals surface area contributed by atoms with E-state index in [0.29, 0.717) is 6.42 Å². The fraction of sp³-hybridized carbons (Fsp3) is 0.158. The summed E-state index contributed by atoms with van der Waals surface area (Å²) in [6.45, 7) is 0. The summed E-state index contributed by atoms with van der Waals surface area (Å²) in [6, 6.07) is 11.8. The van der Waals surface area contributed by atoms with Gasteiger partial charge in [0.2, 0.25) is 0 Å². The van der Waals surface area contributed by atoms with E-state index in [1.165, 1.54) is 23.5 Å². The number of alkyl halides is 3. The van der Waals surface area contributed by atoms with Gasteiger partial charge in [-0.15, -0.1) is 11.3 Å². The largest absolute Gasteiger partial charge is 0.496 e. The van der Waals surface area contributed by atoms with Crippen molar-refractivity contribution in [2.24, 2.45) is 0 Å². The van der Waals surface area contributed by atoms with E-state index in [0.717, 1.165) is 28.5 Å². The number of carbonyl (C=O) groups excluding carboxylic acids is 1. The lowest BCUT2D eigenvalue weighted by Crippen LogP contribution is -2.13. The lowest BCUT2D eigenvalue weighted by atomic mass is 10.1. The van der Waals surface area contributed by atoms with Crippen LogP contribution in [0.5, 0.6) is 5.75 Å². The van der Waals surface area contributed by atoms with Gasteiger partial charge >= 0.3 is 6.18 Å². The van der Waals surface area contributed by atoms with Crippen molar-refractivity contribution in [2.45, 2.75) is 12.6 Å². The highest BCUT2D eigenvalue weighted by Gasteiger charge is 2.30. The molecule has 140 valence electrons. The number of halogens is 3. The molecule has 8 heteroatoms. The van der Waals surface area contributed by atoms with Gasteiger partial charge in [-0.3, -0.25) is 4.79 Å². The first-order chi connectivity index (χ1) is 12.9. The number of anilines is 1. The van der Waals surface area contributed by atoms with Crippen molar-refractivity contribution < 1.29 is 22.7 Å². The summed E-state index contributed by atoms with van der Waals surface area (Å²) in [7, 11) is 1.59. The van der Waals surface area contributed by atoms with E-state index in [1.807, 2.05) is 24.3 Å². The Morgan fingerprint density at radius 3 is 2.52 bits per heavy atom. The van der Waals surface area contributed by atoms with Gasteiger partial charge < -0.3 is 10.1 Å². The van der Waals surface area contributed by atoms with E-state index in [1.54, 1.807) is 12.5 Å². The number of benzene rings is 2. The Hall–Kier alpha value is -2.87. The van der Waals surface area contributed by atoms with E-state index in [2.05, 4.69) is 10.3 Å². The number of methoxy groups -OCH3 is 1. The molecule has 3 rings (SSSR count). The van der Waals surface area contributed by atoms with Gasteiger partial charge in [-0.05, 0) is 30.3 Å². The molecule has 0 fully saturated rings. The predicted molar refractivity (Wildman–Crippen MR) is 97.3 cm³/mol. The van der Waals surface area contributed by atoms with E-state index in [-0.39, 0.29) is 11.4 Å². The number of thiazole rings is 1. The molecule has 0 saturated carbocycles. The second kappa shape index (κ2) is 7.79. The zero-order chi connectivity index (χ0) is 19.4. The number of nitrogens with one attached hydrogen (secondary N) is 1. The molecule has 1 amide bonds. The fourth-order valence-electron chi connectivity index (χ4n) is 2.45. The van der Waals surface area contributed by atoms with Gasteiger partial charge in [-0.1, -0.05) is 18.2 Å². The van der Waals surface area contributed by atoms with Crippen LogP contribution in [0.1, 0.15) is 26.6 Å². The number of hydrogen-bond donors (Lipinski definition) is 1. The molecule has 4 nitrogen and oxygen atoms in total. The Morgan fingerprint density at radius 2 is 1.85 bits per heavy atom. The van der Waals surface area contributed by atoms with Crippen LogP contribution >= 0.6 is 11.3 Å². The van der Waals surface area contributed by atoms with E-state index in [9.17, 15) is 18.0 Å². The molecule has 0 spiro atoms. The van der Waals surface area contributed by atoms with Crippen LogP contribution < -0.4 is 10.1 Å². The molecule has 0 radical (unpaired) electrons. The Morgan fingerprint density at radius 1 is 1.15 bits per heavy atom. The molecular formula is C19H15F3N2O2S. The monoisotopic (exact) mass is 392 g/mol. The first-order valence-corrected chi connectivity index (χ1v) is 8.79. The van der Waals surface area contributed by atoms with E-state index >= 15 is 0 Å². The SMILES string of the molecule is COc1ccccc1Cc1nc(C(=O)Nc2ccc(C(F)(F)F)cc2)cs1. The van der Waals surface area contributed by atoms with Crippen LogP contribution in [0.3, 0.4) is 0 Å². The van der Waals surface area contributed by atoms with Crippen molar-refractivity contribution >= 4 is 22.9 Å². The summed E-state index contributed by atoms with van der Waals surface area (Å²) >= 11 is 1.33. The number of nitrogens with zero attached hydrogens (tertiary/aromatic N) is 1. The van der Waals surface area contributed by atoms with Crippen molar-refractivity contribution in [3.05, 3.63) is 75.7 Å². The van der Waals surface area contributed by atoms with Crippen LogP contribution in [0.15, 0.2) is 53.9 Å². The highest BCUT2D eigenvalue weighted by atomic mass is 32.1. The summed E-state index contributed by atoms with van der Waals surface area (Å²) in [5.74, 6) is 0.265. The molecule has 1 aromatic heterocycles. The minimum absolute atomic E-state index is 0.213. The van der Waals surface area contributed by atoms with E-state index < -0.39 is 17.6 Å². The third-order valence-corrected chi connectivity index (χ3v) is 4.64. The molecule has 27 heavy (non-hydrogen) atoms. The van der Waals surface area contributed by atoms with Gasteiger partial charge in [0.15, 0.2) is 0 Å². The Kier molecular flexibility index (Phi) is 5.46. The maximum absolute atomic E-state index is 12.6. The van der Waals surface area contributed by atoms with Crippen LogP contribution in [0.2, 0.25) is 0 Å². The molecule has 1 N–H and O–H groups in total. The van der Waals surface area contributed by atoms with Crippen LogP contribution in [0.25, 0.3) is 0 Å². The first kappa shape index (κ1) is 18.9. The number of carbonyl (C=O) groups is 1. The van der Waals surface area contributed by atoms with Crippen LogP contribution in [0, 0.1) is 0 Å². The van der Waals surface area contributed by atoms with Gasteiger partial charge in [0, 0.05) is 23.1 Å². The van der Waals surface area contributed by atoms with Gasteiger partial charge in [-0.2, -0.15) is 13.2 Å². The molecule has 0 unspecified atom stereocenters. The molecule has 0 bridgehead atoms. The topological polar surface area (TPSA) is 51.2 Å². The fourth-order valence-corrected chi connectivity index (χ4v) is 3.24. The average Bonchev–Trinajstić information content (AvgIpc) is 3.10. The number of rotatable bonds is 5. The Balaban J connectivity index is 1.68. The van der Waals surface area contributed by atoms with Crippen molar-refractivity contribution in [1.82, 2.24) is 4.98 Å². The van der Waals surface area contributed by atoms with Gasteiger partial charge in [0.05, 0.1) is 17.7 Å². The lowest BCUT2D eigenvalue weighted by Gasteiger charge is -2.08. The smallest absolute Gasteiger partial charge is 0.416 e. The van der Waals surface area contributed by atoms with Gasteiger partial charge in [0.1, 0.15) is 11.4 Å². The molecule has 0 aliphatic heterocycles. The molecule has 0 aliphatic carbocycles. The Bertz CT molecular complexity index is 937. The quantitative estimate of drug-likeness (QED) is 0.664. The summed E-state index contributed by atoms with van der Waals surface area (Å²) in [5.41, 5.74) is 0.661. The molecule has 1 heterocycles.